The van der Waals surface area contributed by atoms with E-state index in [4.69, 9.17) is 0 Å². The molecule has 2 unspecified atom stereocenters. The van der Waals surface area contributed by atoms with E-state index in [1.807, 2.05) is 11.8 Å². The molecule has 4 heteroatoms. The van der Waals surface area contributed by atoms with Crippen LogP contribution in [0.3, 0.4) is 0 Å². The maximum atomic E-state index is 12.1. The second-order valence-corrected chi connectivity index (χ2v) is 6.93. The summed E-state index contributed by atoms with van der Waals surface area (Å²) in [7, 11) is 0. The number of amides is 1. The van der Waals surface area contributed by atoms with Gasteiger partial charge in [-0.2, -0.15) is 0 Å². The lowest BCUT2D eigenvalue weighted by Gasteiger charge is -2.38. The van der Waals surface area contributed by atoms with Crippen molar-refractivity contribution in [2.75, 3.05) is 13.1 Å². The fourth-order valence-electron chi connectivity index (χ4n) is 4.02. The van der Waals surface area contributed by atoms with Crippen molar-refractivity contribution in [2.45, 2.75) is 64.7 Å². The summed E-state index contributed by atoms with van der Waals surface area (Å²) in [5, 5.41) is 9.35. The Kier molecular flexibility index (Phi) is 6.07. The van der Waals surface area contributed by atoms with Gasteiger partial charge in [0.15, 0.2) is 0 Å². The van der Waals surface area contributed by atoms with Gasteiger partial charge in [0.1, 0.15) is 0 Å². The van der Waals surface area contributed by atoms with Gasteiger partial charge in [-0.3, -0.25) is 9.59 Å². The minimum absolute atomic E-state index is 0.136. The number of carboxylic acids is 1. The molecule has 2 aliphatic rings. The predicted molar refractivity (Wildman–Crippen MR) is 81.9 cm³/mol. The van der Waals surface area contributed by atoms with Crippen LogP contribution < -0.4 is 0 Å². The van der Waals surface area contributed by atoms with Crippen molar-refractivity contribution >= 4 is 11.9 Å². The summed E-state index contributed by atoms with van der Waals surface area (Å²) in [5.74, 6) is 0.158. The first-order valence-corrected chi connectivity index (χ1v) is 8.60. The first-order valence-electron chi connectivity index (χ1n) is 8.60. The molecule has 1 aliphatic heterocycles. The number of aliphatic carboxylic acids is 1. The van der Waals surface area contributed by atoms with Crippen LogP contribution in [-0.2, 0) is 9.59 Å². The van der Waals surface area contributed by atoms with Crippen LogP contribution in [0.4, 0.5) is 0 Å². The fourth-order valence-corrected chi connectivity index (χ4v) is 4.02. The summed E-state index contributed by atoms with van der Waals surface area (Å²) in [6.45, 7) is 3.19. The molecule has 2 rings (SSSR count). The maximum Gasteiger partial charge on any atom is 0.308 e. The molecule has 0 aromatic carbocycles. The van der Waals surface area contributed by atoms with Crippen molar-refractivity contribution in [1.29, 1.82) is 0 Å². The quantitative estimate of drug-likeness (QED) is 0.846. The van der Waals surface area contributed by atoms with Gasteiger partial charge in [0.25, 0.3) is 0 Å². The van der Waals surface area contributed by atoms with Crippen molar-refractivity contribution in [2.24, 2.45) is 17.8 Å². The summed E-state index contributed by atoms with van der Waals surface area (Å²) in [4.78, 5) is 25.3. The van der Waals surface area contributed by atoms with Gasteiger partial charge < -0.3 is 10.0 Å². The number of hydrogen-bond donors (Lipinski definition) is 1. The van der Waals surface area contributed by atoms with Crippen molar-refractivity contribution in [3.63, 3.8) is 0 Å². The smallest absolute Gasteiger partial charge is 0.308 e. The third-order valence-electron chi connectivity index (χ3n) is 5.09. The van der Waals surface area contributed by atoms with Gasteiger partial charge in [-0.15, -0.1) is 0 Å². The molecule has 1 aliphatic carbocycles. The van der Waals surface area contributed by atoms with Gasteiger partial charge in [-0.1, -0.05) is 39.0 Å². The van der Waals surface area contributed by atoms with Crippen molar-refractivity contribution in [3.05, 3.63) is 0 Å². The molecular weight excluding hydrogens is 266 g/mol. The highest BCUT2D eigenvalue weighted by Gasteiger charge is 2.34. The van der Waals surface area contributed by atoms with E-state index in [1.54, 1.807) is 0 Å². The van der Waals surface area contributed by atoms with Crippen LogP contribution >= 0.6 is 0 Å². The molecule has 2 fully saturated rings. The van der Waals surface area contributed by atoms with Crippen molar-refractivity contribution in [1.82, 2.24) is 4.90 Å². The molecule has 2 atom stereocenters. The Morgan fingerprint density at radius 1 is 1.10 bits per heavy atom. The van der Waals surface area contributed by atoms with Crippen LogP contribution in [-0.4, -0.2) is 35.0 Å². The molecule has 1 amide bonds. The molecule has 4 nitrogen and oxygen atoms in total. The lowest BCUT2D eigenvalue weighted by molar-refractivity contribution is -0.147. The van der Waals surface area contributed by atoms with Crippen LogP contribution in [0.1, 0.15) is 64.7 Å². The zero-order valence-corrected chi connectivity index (χ0v) is 13.2. The van der Waals surface area contributed by atoms with Crippen LogP contribution in [0.25, 0.3) is 0 Å². The highest BCUT2D eigenvalue weighted by atomic mass is 16.4. The Hall–Kier alpha value is -1.06. The van der Waals surface area contributed by atoms with E-state index in [2.05, 4.69) is 0 Å². The third-order valence-corrected chi connectivity index (χ3v) is 5.09. The number of carbonyl (C=O) groups excluding carboxylic acids is 1. The number of nitrogens with zero attached hydrogens (tertiary/aromatic N) is 1. The molecule has 0 aromatic rings. The van der Waals surface area contributed by atoms with Gasteiger partial charge in [0.2, 0.25) is 5.91 Å². The summed E-state index contributed by atoms with van der Waals surface area (Å²) >= 11 is 0. The lowest BCUT2D eigenvalue weighted by Crippen LogP contribution is -2.46. The van der Waals surface area contributed by atoms with E-state index in [-0.39, 0.29) is 11.8 Å². The molecule has 21 heavy (non-hydrogen) atoms. The zero-order chi connectivity index (χ0) is 15.2. The minimum Gasteiger partial charge on any atom is -0.481 e. The molecule has 1 N–H and O–H groups in total. The summed E-state index contributed by atoms with van der Waals surface area (Å²) in [5.41, 5.74) is 0. The van der Waals surface area contributed by atoms with Gasteiger partial charge in [0.05, 0.1) is 5.92 Å². The monoisotopic (exact) mass is 295 g/mol. The summed E-state index contributed by atoms with van der Waals surface area (Å²) in [6.07, 6.45) is 9.80. The summed E-state index contributed by atoms with van der Waals surface area (Å²) in [6, 6.07) is 0. The SMILES string of the molecule is CCCC(=O)N1CC(CC2CCCCC2)CC(C(=O)O)C1. The van der Waals surface area contributed by atoms with Crippen molar-refractivity contribution < 1.29 is 14.7 Å². The van der Waals surface area contributed by atoms with Gasteiger partial charge in [-0.25, -0.2) is 0 Å². The molecule has 0 radical (unpaired) electrons. The standard InChI is InChI=1S/C17H29NO3/c1-2-6-16(19)18-11-14(10-15(12-18)17(20)21)9-13-7-4-3-5-8-13/h13-15H,2-12H2,1H3,(H,20,21). The number of carbonyl (C=O) groups is 2. The molecule has 120 valence electrons. The second kappa shape index (κ2) is 7.81. The molecule has 0 aromatic heterocycles. The molecule has 0 bridgehead atoms. The molecular formula is C17H29NO3. The molecule has 1 saturated heterocycles. The molecule has 1 saturated carbocycles. The molecule has 1 heterocycles. The van der Waals surface area contributed by atoms with Crippen molar-refractivity contribution in [3.8, 4) is 0 Å². The Labute approximate surface area is 127 Å². The highest BCUT2D eigenvalue weighted by Crippen LogP contribution is 2.34. The largest absolute Gasteiger partial charge is 0.481 e. The predicted octanol–water partition coefficient (Wildman–Crippen LogP) is 3.31. The van der Waals surface area contributed by atoms with E-state index in [9.17, 15) is 14.7 Å². The normalized spacial score (nSPS) is 27.6. The second-order valence-electron chi connectivity index (χ2n) is 6.93. The van der Waals surface area contributed by atoms with Gasteiger partial charge in [-0.05, 0) is 31.1 Å². The van der Waals surface area contributed by atoms with E-state index in [0.717, 1.165) is 31.7 Å². The number of carboxylic acid groups (broad SMARTS) is 1. The van der Waals surface area contributed by atoms with E-state index in [0.29, 0.717) is 18.9 Å². The Morgan fingerprint density at radius 3 is 2.43 bits per heavy atom. The Morgan fingerprint density at radius 2 is 1.81 bits per heavy atom. The number of rotatable bonds is 5. The molecule has 0 spiro atoms. The fraction of sp³-hybridized carbons (Fsp3) is 0.882. The summed E-state index contributed by atoms with van der Waals surface area (Å²) < 4.78 is 0. The van der Waals surface area contributed by atoms with Crippen LogP contribution in [0.2, 0.25) is 0 Å². The van der Waals surface area contributed by atoms with E-state index < -0.39 is 5.97 Å². The zero-order valence-electron chi connectivity index (χ0n) is 13.2. The Bertz CT molecular complexity index is 363. The number of likely N-dealkylation sites (tertiary alicyclic amines) is 1. The van der Waals surface area contributed by atoms with Crippen LogP contribution in [0.15, 0.2) is 0 Å². The average Bonchev–Trinajstić information content (AvgIpc) is 2.48. The van der Waals surface area contributed by atoms with Gasteiger partial charge in [0, 0.05) is 19.5 Å². The first-order chi connectivity index (χ1) is 10.1. The topological polar surface area (TPSA) is 57.6 Å². The van der Waals surface area contributed by atoms with E-state index in [1.165, 1.54) is 32.1 Å². The average molecular weight is 295 g/mol. The maximum absolute atomic E-state index is 12.1. The number of piperidine rings is 1. The van der Waals surface area contributed by atoms with E-state index >= 15 is 0 Å². The van der Waals surface area contributed by atoms with Crippen LogP contribution in [0, 0.1) is 17.8 Å². The Balaban J connectivity index is 1.95. The first kappa shape index (κ1) is 16.3. The van der Waals surface area contributed by atoms with Crippen LogP contribution in [0.5, 0.6) is 0 Å². The van der Waals surface area contributed by atoms with Gasteiger partial charge >= 0.3 is 5.97 Å². The number of hydrogen-bond acceptors (Lipinski definition) is 2. The minimum atomic E-state index is -0.738. The highest BCUT2D eigenvalue weighted by molar-refractivity contribution is 5.78. The lowest BCUT2D eigenvalue weighted by atomic mass is 9.78. The third kappa shape index (κ3) is 4.72.